The second kappa shape index (κ2) is 5.41. The first-order valence-electron chi connectivity index (χ1n) is 5.30. The zero-order chi connectivity index (χ0) is 14.0. The van der Waals surface area contributed by atoms with Crippen LogP contribution in [-0.4, -0.2) is 14.7 Å². The lowest BCUT2D eigenvalue weighted by atomic mass is 10.3. The maximum Gasteiger partial charge on any atom is 0.175 e. The van der Waals surface area contributed by atoms with E-state index >= 15 is 0 Å². The SMILES string of the molecule is CS(=O)(=O)c1ccc(Oc2ccccc2Cl)c(Cl)c1. The molecule has 0 amide bonds. The van der Waals surface area contributed by atoms with Gasteiger partial charge in [-0.2, -0.15) is 0 Å². The van der Waals surface area contributed by atoms with Crippen molar-refractivity contribution >= 4 is 33.0 Å². The van der Waals surface area contributed by atoms with Crippen LogP contribution in [0.2, 0.25) is 10.0 Å². The van der Waals surface area contributed by atoms with Gasteiger partial charge in [-0.05, 0) is 30.3 Å². The zero-order valence-corrected chi connectivity index (χ0v) is 12.3. The largest absolute Gasteiger partial charge is 0.454 e. The van der Waals surface area contributed by atoms with Crippen molar-refractivity contribution in [2.75, 3.05) is 6.26 Å². The van der Waals surface area contributed by atoms with E-state index in [-0.39, 0.29) is 9.92 Å². The second-order valence-electron chi connectivity index (χ2n) is 3.90. The maximum atomic E-state index is 11.4. The molecule has 0 spiro atoms. The second-order valence-corrected chi connectivity index (χ2v) is 6.73. The standard InChI is InChI=1S/C13H10Cl2O3S/c1-19(16,17)9-6-7-13(11(15)8-9)18-12-5-3-2-4-10(12)14/h2-8H,1H3. The fraction of sp³-hybridized carbons (Fsp3) is 0.0769. The Hall–Kier alpha value is -1.23. The molecule has 0 saturated heterocycles. The number of ether oxygens (including phenoxy) is 1. The molecule has 0 unspecified atom stereocenters. The third kappa shape index (κ3) is 3.41. The molecule has 0 aliphatic carbocycles. The minimum absolute atomic E-state index is 0.143. The van der Waals surface area contributed by atoms with Gasteiger partial charge in [-0.25, -0.2) is 8.42 Å². The molecule has 6 heteroatoms. The summed E-state index contributed by atoms with van der Waals surface area (Å²) in [6.07, 6.45) is 1.12. The number of sulfone groups is 1. The normalized spacial score (nSPS) is 11.3. The van der Waals surface area contributed by atoms with Gasteiger partial charge in [-0.3, -0.25) is 0 Å². The van der Waals surface area contributed by atoms with Crippen LogP contribution in [-0.2, 0) is 9.84 Å². The smallest absolute Gasteiger partial charge is 0.175 e. The molecular formula is C13H10Cl2O3S. The summed E-state index contributed by atoms with van der Waals surface area (Å²) >= 11 is 12.0. The van der Waals surface area contributed by atoms with Crippen LogP contribution in [0.1, 0.15) is 0 Å². The number of halogens is 2. The van der Waals surface area contributed by atoms with Crippen LogP contribution < -0.4 is 4.74 Å². The molecule has 0 radical (unpaired) electrons. The highest BCUT2D eigenvalue weighted by Crippen LogP contribution is 2.34. The minimum Gasteiger partial charge on any atom is -0.454 e. The van der Waals surface area contributed by atoms with E-state index in [1.165, 1.54) is 18.2 Å². The van der Waals surface area contributed by atoms with Gasteiger partial charge in [0.1, 0.15) is 11.5 Å². The number of rotatable bonds is 3. The summed E-state index contributed by atoms with van der Waals surface area (Å²) in [6, 6.07) is 11.2. The fourth-order valence-electron chi connectivity index (χ4n) is 1.44. The van der Waals surface area contributed by atoms with Crippen molar-refractivity contribution in [3.05, 3.63) is 52.5 Å². The van der Waals surface area contributed by atoms with Crippen LogP contribution >= 0.6 is 23.2 Å². The van der Waals surface area contributed by atoms with Gasteiger partial charge >= 0.3 is 0 Å². The van der Waals surface area contributed by atoms with Crippen LogP contribution in [0.3, 0.4) is 0 Å². The first-order valence-corrected chi connectivity index (χ1v) is 7.94. The first-order chi connectivity index (χ1) is 8.88. The number of hydrogen-bond acceptors (Lipinski definition) is 3. The van der Waals surface area contributed by atoms with Crippen molar-refractivity contribution in [1.82, 2.24) is 0 Å². The molecule has 0 saturated carbocycles. The zero-order valence-electron chi connectivity index (χ0n) is 9.93. The Labute approximate surface area is 121 Å². The van der Waals surface area contributed by atoms with Crippen molar-refractivity contribution in [2.24, 2.45) is 0 Å². The molecule has 0 atom stereocenters. The summed E-state index contributed by atoms with van der Waals surface area (Å²) in [5, 5.41) is 0.661. The molecule has 100 valence electrons. The molecule has 0 heterocycles. The van der Waals surface area contributed by atoms with E-state index in [1.807, 2.05) is 0 Å². The van der Waals surface area contributed by atoms with Crippen molar-refractivity contribution in [3.63, 3.8) is 0 Å². The lowest BCUT2D eigenvalue weighted by molar-refractivity contribution is 0.482. The highest BCUT2D eigenvalue weighted by molar-refractivity contribution is 7.90. The topological polar surface area (TPSA) is 43.4 Å². The van der Waals surface area contributed by atoms with Crippen molar-refractivity contribution in [3.8, 4) is 11.5 Å². The van der Waals surface area contributed by atoms with E-state index in [9.17, 15) is 8.42 Å². The lowest BCUT2D eigenvalue weighted by Crippen LogP contribution is -1.97. The highest BCUT2D eigenvalue weighted by atomic mass is 35.5. The third-order valence-electron chi connectivity index (χ3n) is 2.39. The fourth-order valence-corrected chi connectivity index (χ4v) is 2.55. The summed E-state index contributed by atoms with van der Waals surface area (Å²) in [6.45, 7) is 0. The molecule has 2 aromatic rings. The highest BCUT2D eigenvalue weighted by Gasteiger charge is 2.12. The Morgan fingerprint density at radius 3 is 2.16 bits per heavy atom. The Balaban J connectivity index is 2.36. The summed E-state index contributed by atoms with van der Waals surface area (Å²) in [4.78, 5) is 0.143. The summed E-state index contributed by atoms with van der Waals surface area (Å²) in [5.41, 5.74) is 0. The third-order valence-corrected chi connectivity index (χ3v) is 4.11. The van der Waals surface area contributed by atoms with Crippen molar-refractivity contribution < 1.29 is 13.2 Å². The van der Waals surface area contributed by atoms with Crippen molar-refractivity contribution in [1.29, 1.82) is 0 Å². The van der Waals surface area contributed by atoms with Gasteiger partial charge in [0, 0.05) is 6.26 Å². The minimum atomic E-state index is -3.29. The van der Waals surface area contributed by atoms with Crippen LogP contribution in [0.25, 0.3) is 0 Å². The molecule has 3 nitrogen and oxygen atoms in total. The molecular weight excluding hydrogens is 307 g/mol. The van der Waals surface area contributed by atoms with Gasteiger partial charge in [-0.1, -0.05) is 35.3 Å². The average Bonchev–Trinajstić information content (AvgIpc) is 2.33. The van der Waals surface area contributed by atoms with Crippen LogP contribution in [0, 0.1) is 0 Å². The van der Waals surface area contributed by atoms with E-state index in [0.29, 0.717) is 16.5 Å². The molecule has 0 fully saturated rings. The first kappa shape index (κ1) is 14.2. The molecule has 0 bridgehead atoms. The molecule has 2 aromatic carbocycles. The van der Waals surface area contributed by atoms with Gasteiger partial charge in [0.05, 0.1) is 14.9 Å². The summed E-state index contributed by atoms with van der Waals surface area (Å²) < 4.78 is 28.3. The Bertz CT molecular complexity index is 712. The van der Waals surface area contributed by atoms with E-state index in [0.717, 1.165) is 6.26 Å². The number of para-hydroxylation sites is 1. The van der Waals surface area contributed by atoms with E-state index in [2.05, 4.69) is 0 Å². The van der Waals surface area contributed by atoms with E-state index in [4.69, 9.17) is 27.9 Å². The summed E-state index contributed by atoms with van der Waals surface area (Å²) in [7, 11) is -3.29. The maximum absolute atomic E-state index is 11.4. The Morgan fingerprint density at radius 1 is 0.947 bits per heavy atom. The van der Waals surface area contributed by atoms with E-state index < -0.39 is 9.84 Å². The van der Waals surface area contributed by atoms with Crippen LogP contribution in [0.5, 0.6) is 11.5 Å². The molecule has 2 rings (SSSR count). The lowest BCUT2D eigenvalue weighted by Gasteiger charge is -2.09. The van der Waals surface area contributed by atoms with Crippen molar-refractivity contribution in [2.45, 2.75) is 4.90 Å². The van der Waals surface area contributed by atoms with Crippen LogP contribution in [0.4, 0.5) is 0 Å². The van der Waals surface area contributed by atoms with Crippen LogP contribution in [0.15, 0.2) is 47.4 Å². The summed E-state index contributed by atoms with van der Waals surface area (Å²) in [5.74, 6) is 0.806. The molecule has 0 aliphatic rings. The van der Waals surface area contributed by atoms with Gasteiger partial charge in [0.15, 0.2) is 9.84 Å². The Kier molecular flexibility index (Phi) is 4.04. The monoisotopic (exact) mass is 316 g/mol. The quantitative estimate of drug-likeness (QED) is 0.852. The Morgan fingerprint density at radius 2 is 1.58 bits per heavy atom. The molecule has 0 aliphatic heterocycles. The molecule has 0 N–H and O–H groups in total. The number of benzene rings is 2. The predicted octanol–water partition coefficient (Wildman–Crippen LogP) is 4.19. The van der Waals surface area contributed by atoms with Gasteiger partial charge in [0.25, 0.3) is 0 Å². The number of hydrogen-bond donors (Lipinski definition) is 0. The average molecular weight is 317 g/mol. The van der Waals surface area contributed by atoms with Gasteiger partial charge in [-0.15, -0.1) is 0 Å². The van der Waals surface area contributed by atoms with Gasteiger partial charge < -0.3 is 4.74 Å². The van der Waals surface area contributed by atoms with E-state index in [1.54, 1.807) is 24.3 Å². The predicted molar refractivity (Wildman–Crippen MR) is 76.1 cm³/mol. The molecule has 0 aromatic heterocycles. The molecule has 19 heavy (non-hydrogen) atoms. The van der Waals surface area contributed by atoms with Gasteiger partial charge in [0.2, 0.25) is 0 Å².